The molecule has 0 fully saturated rings. The maximum absolute atomic E-state index is 4.52. The molecule has 2 rings (SSSR count). The summed E-state index contributed by atoms with van der Waals surface area (Å²) in [6.07, 6.45) is 0. The Labute approximate surface area is 97.2 Å². The van der Waals surface area contributed by atoms with Gasteiger partial charge in [-0.15, -0.1) is 0 Å². The molecule has 1 heteroatoms. The summed E-state index contributed by atoms with van der Waals surface area (Å²) in [6.45, 7) is 6.44. The van der Waals surface area contributed by atoms with E-state index in [1.165, 1.54) is 11.1 Å². The van der Waals surface area contributed by atoms with Crippen molar-refractivity contribution in [1.82, 2.24) is 4.98 Å². The van der Waals surface area contributed by atoms with E-state index in [0.29, 0.717) is 5.92 Å². The second kappa shape index (κ2) is 4.48. The standard InChI is InChI=1S/C15H17N/c1-11(2)13-7-9-14(10-8-13)15-6-4-5-12(3)16-15/h4-11H,1-3H3. The number of hydrogen-bond donors (Lipinski definition) is 0. The first-order chi connectivity index (χ1) is 7.66. The minimum absolute atomic E-state index is 0.583. The Kier molecular flexibility index (Phi) is 3.04. The SMILES string of the molecule is Cc1cccc(-c2ccc(C(C)C)cc2)n1. The topological polar surface area (TPSA) is 12.9 Å². The van der Waals surface area contributed by atoms with Gasteiger partial charge in [-0.3, -0.25) is 4.98 Å². The maximum atomic E-state index is 4.52. The number of aryl methyl sites for hydroxylation is 1. The fraction of sp³-hybridized carbons (Fsp3) is 0.267. The normalized spacial score (nSPS) is 10.8. The third kappa shape index (κ3) is 2.30. The van der Waals surface area contributed by atoms with Crippen LogP contribution in [0.5, 0.6) is 0 Å². The molecule has 0 saturated heterocycles. The van der Waals surface area contributed by atoms with Crippen molar-refractivity contribution >= 4 is 0 Å². The summed E-state index contributed by atoms with van der Waals surface area (Å²) >= 11 is 0. The molecule has 1 nitrogen and oxygen atoms in total. The van der Waals surface area contributed by atoms with Gasteiger partial charge in [-0.05, 0) is 30.5 Å². The molecule has 1 aromatic heterocycles. The van der Waals surface area contributed by atoms with Crippen LogP contribution in [-0.4, -0.2) is 4.98 Å². The van der Waals surface area contributed by atoms with Crippen molar-refractivity contribution < 1.29 is 0 Å². The fourth-order valence-electron chi connectivity index (χ4n) is 1.74. The van der Waals surface area contributed by atoms with Crippen molar-refractivity contribution in [2.24, 2.45) is 0 Å². The van der Waals surface area contributed by atoms with Crippen LogP contribution in [0.3, 0.4) is 0 Å². The fourth-order valence-corrected chi connectivity index (χ4v) is 1.74. The van der Waals surface area contributed by atoms with Crippen LogP contribution in [-0.2, 0) is 0 Å². The van der Waals surface area contributed by atoms with E-state index in [9.17, 15) is 0 Å². The van der Waals surface area contributed by atoms with Gasteiger partial charge in [0.25, 0.3) is 0 Å². The van der Waals surface area contributed by atoms with Crippen LogP contribution in [0.25, 0.3) is 11.3 Å². The van der Waals surface area contributed by atoms with Crippen LogP contribution in [0, 0.1) is 6.92 Å². The Morgan fingerprint density at radius 3 is 2.19 bits per heavy atom. The van der Waals surface area contributed by atoms with Gasteiger partial charge in [0.05, 0.1) is 5.69 Å². The van der Waals surface area contributed by atoms with Gasteiger partial charge in [0, 0.05) is 11.3 Å². The van der Waals surface area contributed by atoms with E-state index in [0.717, 1.165) is 11.4 Å². The molecule has 0 radical (unpaired) electrons. The Morgan fingerprint density at radius 1 is 0.938 bits per heavy atom. The molecule has 0 bridgehead atoms. The average Bonchev–Trinajstić information content (AvgIpc) is 2.29. The van der Waals surface area contributed by atoms with Gasteiger partial charge < -0.3 is 0 Å². The number of aromatic nitrogens is 1. The van der Waals surface area contributed by atoms with Crippen LogP contribution >= 0.6 is 0 Å². The molecular weight excluding hydrogens is 194 g/mol. The van der Waals surface area contributed by atoms with Gasteiger partial charge >= 0.3 is 0 Å². The van der Waals surface area contributed by atoms with Crippen molar-refractivity contribution in [1.29, 1.82) is 0 Å². The Hall–Kier alpha value is -1.63. The molecule has 0 spiro atoms. The lowest BCUT2D eigenvalue weighted by Gasteiger charge is -2.07. The largest absolute Gasteiger partial charge is 0.253 e. The predicted molar refractivity (Wildman–Crippen MR) is 68.5 cm³/mol. The van der Waals surface area contributed by atoms with Crippen molar-refractivity contribution in [3.05, 3.63) is 53.7 Å². The Balaban J connectivity index is 2.35. The zero-order chi connectivity index (χ0) is 11.5. The zero-order valence-electron chi connectivity index (χ0n) is 10.1. The first-order valence-electron chi connectivity index (χ1n) is 5.71. The van der Waals surface area contributed by atoms with Crippen molar-refractivity contribution in [2.45, 2.75) is 26.7 Å². The summed E-state index contributed by atoms with van der Waals surface area (Å²) in [4.78, 5) is 4.52. The Morgan fingerprint density at radius 2 is 1.62 bits per heavy atom. The summed E-state index contributed by atoms with van der Waals surface area (Å²) in [5.41, 5.74) is 4.67. The van der Waals surface area contributed by atoms with E-state index < -0.39 is 0 Å². The highest BCUT2D eigenvalue weighted by molar-refractivity contribution is 5.59. The lowest BCUT2D eigenvalue weighted by atomic mass is 10.0. The van der Waals surface area contributed by atoms with E-state index >= 15 is 0 Å². The quantitative estimate of drug-likeness (QED) is 0.726. The second-order valence-electron chi connectivity index (χ2n) is 4.44. The number of pyridine rings is 1. The molecule has 0 unspecified atom stereocenters. The van der Waals surface area contributed by atoms with Gasteiger partial charge in [0.2, 0.25) is 0 Å². The molecule has 0 aliphatic rings. The molecule has 0 aliphatic heterocycles. The van der Waals surface area contributed by atoms with Gasteiger partial charge in [0.15, 0.2) is 0 Å². The smallest absolute Gasteiger partial charge is 0.0705 e. The molecular formula is C15H17N. The summed E-state index contributed by atoms with van der Waals surface area (Å²) in [6, 6.07) is 14.8. The minimum atomic E-state index is 0.583. The van der Waals surface area contributed by atoms with E-state index in [4.69, 9.17) is 0 Å². The van der Waals surface area contributed by atoms with E-state index in [1.54, 1.807) is 0 Å². The monoisotopic (exact) mass is 211 g/mol. The average molecular weight is 211 g/mol. The molecule has 2 aromatic rings. The van der Waals surface area contributed by atoms with Crippen LogP contribution < -0.4 is 0 Å². The maximum Gasteiger partial charge on any atom is 0.0705 e. The number of rotatable bonds is 2. The lowest BCUT2D eigenvalue weighted by Crippen LogP contribution is -1.89. The van der Waals surface area contributed by atoms with Crippen LogP contribution in [0.1, 0.15) is 31.0 Å². The summed E-state index contributed by atoms with van der Waals surface area (Å²) in [5, 5.41) is 0. The minimum Gasteiger partial charge on any atom is -0.253 e. The van der Waals surface area contributed by atoms with Crippen LogP contribution in [0.4, 0.5) is 0 Å². The van der Waals surface area contributed by atoms with E-state index in [2.05, 4.69) is 49.2 Å². The second-order valence-corrected chi connectivity index (χ2v) is 4.44. The van der Waals surface area contributed by atoms with Crippen LogP contribution in [0.15, 0.2) is 42.5 Å². The third-order valence-electron chi connectivity index (χ3n) is 2.76. The van der Waals surface area contributed by atoms with Crippen molar-refractivity contribution in [3.63, 3.8) is 0 Å². The van der Waals surface area contributed by atoms with Gasteiger partial charge in [0.1, 0.15) is 0 Å². The molecule has 1 heterocycles. The van der Waals surface area contributed by atoms with Gasteiger partial charge in [-0.2, -0.15) is 0 Å². The Bertz CT molecular complexity index is 469. The zero-order valence-corrected chi connectivity index (χ0v) is 10.1. The highest BCUT2D eigenvalue weighted by Gasteiger charge is 2.01. The van der Waals surface area contributed by atoms with Gasteiger partial charge in [-0.1, -0.05) is 44.2 Å². The molecule has 82 valence electrons. The highest BCUT2D eigenvalue weighted by atomic mass is 14.7. The molecule has 0 atom stereocenters. The molecule has 0 amide bonds. The van der Waals surface area contributed by atoms with E-state index in [-0.39, 0.29) is 0 Å². The molecule has 0 saturated carbocycles. The first kappa shape index (κ1) is 10.9. The molecule has 16 heavy (non-hydrogen) atoms. The molecule has 0 aliphatic carbocycles. The third-order valence-corrected chi connectivity index (χ3v) is 2.76. The molecule has 0 N–H and O–H groups in total. The summed E-state index contributed by atoms with van der Waals surface area (Å²) in [5.74, 6) is 0.583. The number of hydrogen-bond acceptors (Lipinski definition) is 1. The number of benzene rings is 1. The lowest BCUT2D eigenvalue weighted by molar-refractivity contribution is 0.867. The van der Waals surface area contributed by atoms with E-state index in [1.807, 2.05) is 19.1 Å². The van der Waals surface area contributed by atoms with Crippen molar-refractivity contribution in [3.8, 4) is 11.3 Å². The van der Waals surface area contributed by atoms with Crippen LogP contribution in [0.2, 0.25) is 0 Å². The summed E-state index contributed by atoms with van der Waals surface area (Å²) in [7, 11) is 0. The van der Waals surface area contributed by atoms with Gasteiger partial charge in [-0.25, -0.2) is 0 Å². The van der Waals surface area contributed by atoms with Crippen molar-refractivity contribution in [2.75, 3.05) is 0 Å². The summed E-state index contributed by atoms with van der Waals surface area (Å²) < 4.78 is 0. The predicted octanol–water partition coefficient (Wildman–Crippen LogP) is 4.18. The number of nitrogens with zero attached hydrogens (tertiary/aromatic N) is 1. The molecule has 1 aromatic carbocycles. The first-order valence-corrected chi connectivity index (χ1v) is 5.71. The highest BCUT2D eigenvalue weighted by Crippen LogP contribution is 2.21.